The number of pyridine rings is 1. The Labute approximate surface area is 119 Å². The number of hydrogen-bond acceptors (Lipinski definition) is 2. The number of hydrogen-bond donors (Lipinski definition) is 1. The van der Waals surface area contributed by atoms with Crippen molar-refractivity contribution in [3.63, 3.8) is 0 Å². The summed E-state index contributed by atoms with van der Waals surface area (Å²) in [4.78, 5) is 3.52. The van der Waals surface area contributed by atoms with Crippen molar-refractivity contribution in [2.24, 2.45) is 0 Å². The molecule has 1 heterocycles. The van der Waals surface area contributed by atoms with E-state index in [9.17, 15) is 8.78 Å². The second kappa shape index (κ2) is 5.72. The lowest BCUT2D eigenvalue weighted by atomic mass is 10.1. The van der Waals surface area contributed by atoms with Gasteiger partial charge in [0, 0.05) is 5.02 Å². The second-order valence-electron chi connectivity index (χ2n) is 4.02. The number of nitrogens with one attached hydrogen (secondary N) is 1. The van der Waals surface area contributed by atoms with Gasteiger partial charge in [0.25, 0.3) is 0 Å². The zero-order valence-electron chi connectivity index (χ0n) is 9.92. The maximum Gasteiger partial charge on any atom is 0.212 e. The normalized spacial score (nSPS) is 12.3. The Morgan fingerprint density at radius 3 is 2.53 bits per heavy atom. The summed E-state index contributed by atoms with van der Waals surface area (Å²) in [5, 5.41) is 3.39. The highest BCUT2D eigenvalue weighted by Gasteiger charge is 2.13. The molecule has 0 saturated carbocycles. The fourth-order valence-corrected chi connectivity index (χ4v) is 2.21. The molecule has 2 rings (SSSR count). The lowest BCUT2D eigenvalue weighted by Crippen LogP contribution is -2.08. The van der Waals surface area contributed by atoms with E-state index in [0.717, 1.165) is 0 Å². The van der Waals surface area contributed by atoms with Crippen LogP contribution in [0.15, 0.2) is 30.5 Å². The van der Waals surface area contributed by atoms with Crippen LogP contribution < -0.4 is 5.32 Å². The molecule has 0 spiro atoms. The highest BCUT2D eigenvalue weighted by Crippen LogP contribution is 2.30. The molecule has 2 aromatic rings. The summed E-state index contributed by atoms with van der Waals surface area (Å²) in [7, 11) is 0. The fraction of sp³-hybridized carbons (Fsp3) is 0.154. The van der Waals surface area contributed by atoms with E-state index >= 15 is 0 Å². The molecule has 100 valence electrons. The minimum Gasteiger partial charge on any atom is -0.377 e. The van der Waals surface area contributed by atoms with Gasteiger partial charge in [-0.1, -0.05) is 23.2 Å². The van der Waals surface area contributed by atoms with E-state index < -0.39 is 11.8 Å². The molecule has 2 nitrogen and oxygen atoms in total. The van der Waals surface area contributed by atoms with Crippen LogP contribution in [0, 0.1) is 11.8 Å². The average Bonchev–Trinajstić information content (AvgIpc) is 2.36. The van der Waals surface area contributed by atoms with Crippen LogP contribution in [0.4, 0.5) is 14.5 Å². The van der Waals surface area contributed by atoms with Crippen LogP contribution in [0.5, 0.6) is 0 Å². The molecular formula is C13H10Cl2F2N2. The van der Waals surface area contributed by atoms with E-state index in [0.29, 0.717) is 16.3 Å². The van der Waals surface area contributed by atoms with E-state index in [4.69, 9.17) is 23.2 Å². The van der Waals surface area contributed by atoms with Crippen molar-refractivity contribution in [3.05, 3.63) is 57.8 Å². The molecule has 0 aliphatic heterocycles. The molecular weight excluding hydrogens is 293 g/mol. The molecule has 1 aromatic carbocycles. The zero-order chi connectivity index (χ0) is 14.0. The lowest BCUT2D eigenvalue weighted by Gasteiger charge is -2.17. The Kier molecular flexibility index (Phi) is 4.22. The molecule has 19 heavy (non-hydrogen) atoms. The molecule has 0 bridgehead atoms. The van der Waals surface area contributed by atoms with Crippen molar-refractivity contribution < 1.29 is 8.78 Å². The van der Waals surface area contributed by atoms with Crippen LogP contribution >= 0.6 is 23.2 Å². The summed E-state index contributed by atoms with van der Waals surface area (Å²) < 4.78 is 26.1. The van der Waals surface area contributed by atoms with Gasteiger partial charge in [-0.05, 0) is 36.8 Å². The quantitative estimate of drug-likeness (QED) is 0.648. The van der Waals surface area contributed by atoms with Gasteiger partial charge in [-0.25, -0.2) is 9.37 Å². The predicted octanol–water partition coefficient (Wildman–Crippen LogP) is 4.84. The van der Waals surface area contributed by atoms with E-state index in [-0.39, 0.29) is 11.1 Å². The Bertz CT molecular complexity index is 588. The lowest BCUT2D eigenvalue weighted by molar-refractivity contribution is 0.584. The Morgan fingerprint density at radius 1 is 1.16 bits per heavy atom. The zero-order valence-corrected chi connectivity index (χ0v) is 11.4. The van der Waals surface area contributed by atoms with Crippen molar-refractivity contribution in [2.75, 3.05) is 5.32 Å². The standard InChI is InChI=1S/C13H10Cl2F2N2/c1-7(19-8-2-3-13(17)18-6-8)9-4-12(16)11(15)5-10(9)14/h2-7,19H,1H3. The maximum atomic E-state index is 13.4. The summed E-state index contributed by atoms with van der Waals surface area (Å²) in [6, 6.07) is 5.14. The molecule has 0 saturated heterocycles. The molecule has 0 aliphatic carbocycles. The van der Waals surface area contributed by atoms with Gasteiger partial charge in [-0.15, -0.1) is 0 Å². The molecule has 0 fully saturated rings. The number of rotatable bonds is 3. The summed E-state index contributed by atoms with van der Waals surface area (Å²) >= 11 is 11.7. The van der Waals surface area contributed by atoms with Crippen LogP contribution in [0.1, 0.15) is 18.5 Å². The molecule has 0 radical (unpaired) electrons. The molecule has 1 N–H and O–H groups in total. The number of nitrogens with zero attached hydrogens (tertiary/aromatic N) is 1. The van der Waals surface area contributed by atoms with Crippen molar-refractivity contribution >= 4 is 28.9 Å². The SMILES string of the molecule is CC(Nc1ccc(F)nc1)c1cc(F)c(Cl)cc1Cl. The van der Waals surface area contributed by atoms with Crippen molar-refractivity contribution in [2.45, 2.75) is 13.0 Å². The van der Waals surface area contributed by atoms with E-state index in [1.807, 2.05) is 0 Å². The van der Waals surface area contributed by atoms with E-state index in [2.05, 4.69) is 10.3 Å². The van der Waals surface area contributed by atoms with Gasteiger partial charge in [0.1, 0.15) is 5.82 Å². The maximum absolute atomic E-state index is 13.4. The van der Waals surface area contributed by atoms with Crippen LogP contribution in [-0.2, 0) is 0 Å². The number of anilines is 1. The summed E-state index contributed by atoms with van der Waals surface area (Å²) in [6.07, 6.45) is 1.35. The van der Waals surface area contributed by atoms with Gasteiger partial charge in [-0.3, -0.25) is 0 Å². The molecule has 1 aromatic heterocycles. The highest BCUT2D eigenvalue weighted by molar-refractivity contribution is 6.35. The first-order valence-electron chi connectivity index (χ1n) is 5.50. The minimum atomic E-state index is -0.561. The van der Waals surface area contributed by atoms with Crippen molar-refractivity contribution in [1.29, 1.82) is 0 Å². The second-order valence-corrected chi connectivity index (χ2v) is 4.84. The predicted molar refractivity (Wildman–Crippen MR) is 72.7 cm³/mol. The number of halogens is 4. The van der Waals surface area contributed by atoms with Crippen molar-refractivity contribution in [1.82, 2.24) is 4.98 Å². The smallest absolute Gasteiger partial charge is 0.212 e. The van der Waals surface area contributed by atoms with Gasteiger partial charge in [0.2, 0.25) is 5.95 Å². The van der Waals surface area contributed by atoms with Gasteiger partial charge < -0.3 is 5.32 Å². The molecule has 0 aliphatic rings. The van der Waals surface area contributed by atoms with Gasteiger partial charge in [0.15, 0.2) is 0 Å². The Morgan fingerprint density at radius 2 is 1.89 bits per heavy atom. The molecule has 1 unspecified atom stereocenters. The third kappa shape index (κ3) is 3.33. The van der Waals surface area contributed by atoms with Gasteiger partial charge in [0.05, 0.1) is 22.9 Å². The first-order chi connectivity index (χ1) is 8.97. The van der Waals surface area contributed by atoms with Gasteiger partial charge in [-0.2, -0.15) is 4.39 Å². The monoisotopic (exact) mass is 302 g/mol. The Hall–Kier alpha value is -1.39. The van der Waals surface area contributed by atoms with Crippen LogP contribution in [0.3, 0.4) is 0 Å². The number of aromatic nitrogens is 1. The average molecular weight is 303 g/mol. The third-order valence-electron chi connectivity index (χ3n) is 2.62. The summed E-state index contributed by atoms with van der Waals surface area (Å²) in [5.41, 5.74) is 1.17. The minimum absolute atomic E-state index is 0.0237. The Balaban J connectivity index is 2.22. The van der Waals surface area contributed by atoms with E-state index in [1.165, 1.54) is 24.4 Å². The summed E-state index contributed by atoms with van der Waals surface area (Å²) in [6.45, 7) is 1.80. The summed E-state index contributed by atoms with van der Waals surface area (Å²) in [5.74, 6) is -1.10. The topological polar surface area (TPSA) is 24.9 Å². The van der Waals surface area contributed by atoms with Crippen LogP contribution in [-0.4, -0.2) is 4.98 Å². The first-order valence-corrected chi connectivity index (χ1v) is 6.25. The largest absolute Gasteiger partial charge is 0.377 e. The highest BCUT2D eigenvalue weighted by atomic mass is 35.5. The molecule has 6 heteroatoms. The fourth-order valence-electron chi connectivity index (χ4n) is 1.66. The van der Waals surface area contributed by atoms with E-state index in [1.54, 1.807) is 13.0 Å². The first kappa shape index (κ1) is 14.0. The van der Waals surface area contributed by atoms with Crippen LogP contribution in [0.2, 0.25) is 10.0 Å². The third-order valence-corrected chi connectivity index (χ3v) is 3.23. The molecule has 1 atom stereocenters. The molecule has 0 amide bonds. The number of benzene rings is 1. The van der Waals surface area contributed by atoms with Gasteiger partial charge >= 0.3 is 0 Å². The van der Waals surface area contributed by atoms with Crippen molar-refractivity contribution in [3.8, 4) is 0 Å². The van der Waals surface area contributed by atoms with Crippen LogP contribution in [0.25, 0.3) is 0 Å².